The molecular formula is C27H32N2O3. The summed E-state index contributed by atoms with van der Waals surface area (Å²) in [6.45, 7) is 11.0. The van der Waals surface area contributed by atoms with Crippen LogP contribution < -0.4 is 10.7 Å². The lowest BCUT2D eigenvalue weighted by Crippen LogP contribution is -2.37. The maximum atomic E-state index is 12.9. The molecule has 1 N–H and O–H groups in total. The highest BCUT2D eigenvalue weighted by Gasteiger charge is 2.25. The zero-order chi connectivity index (χ0) is 22.9. The zero-order valence-corrected chi connectivity index (χ0v) is 19.4. The van der Waals surface area contributed by atoms with E-state index in [4.69, 9.17) is 4.42 Å². The highest BCUT2D eigenvalue weighted by molar-refractivity contribution is 5.93. The van der Waals surface area contributed by atoms with Crippen LogP contribution in [0.1, 0.15) is 66.9 Å². The molecule has 1 aliphatic rings. The van der Waals surface area contributed by atoms with E-state index in [9.17, 15) is 9.59 Å². The van der Waals surface area contributed by atoms with Gasteiger partial charge in [-0.3, -0.25) is 14.5 Å². The van der Waals surface area contributed by atoms with Crippen LogP contribution in [0.15, 0.2) is 57.7 Å². The molecule has 3 aromatic rings. The summed E-state index contributed by atoms with van der Waals surface area (Å²) >= 11 is 0. The number of hydrogen-bond acceptors (Lipinski definition) is 4. The van der Waals surface area contributed by atoms with Crippen molar-refractivity contribution in [2.24, 2.45) is 0 Å². The van der Waals surface area contributed by atoms with Gasteiger partial charge in [0.2, 0.25) is 0 Å². The van der Waals surface area contributed by atoms with Gasteiger partial charge in [-0.1, -0.05) is 56.7 Å². The number of carbonyl (C=O) groups is 1. The molecule has 1 fully saturated rings. The van der Waals surface area contributed by atoms with E-state index in [0.717, 1.165) is 18.7 Å². The summed E-state index contributed by atoms with van der Waals surface area (Å²) in [5.74, 6) is -0.310. The van der Waals surface area contributed by atoms with E-state index < -0.39 is 0 Å². The second-order valence-electron chi connectivity index (χ2n) is 9.82. The number of likely N-dealkylation sites (tertiary alicyclic amines) is 1. The summed E-state index contributed by atoms with van der Waals surface area (Å²) < 4.78 is 5.75. The molecule has 0 saturated carbocycles. The molecule has 4 rings (SSSR count). The summed E-state index contributed by atoms with van der Waals surface area (Å²) in [6, 6.07) is 15.5. The first kappa shape index (κ1) is 22.3. The summed E-state index contributed by atoms with van der Waals surface area (Å²) in [6.07, 6.45) is 2.34. The number of aryl methyl sites for hydroxylation is 1. The normalized spacial score (nSPS) is 15.8. The van der Waals surface area contributed by atoms with Crippen LogP contribution >= 0.6 is 0 Å². The number of amides is 1. The molecule has 168 valence electrons. The van der Waals surface area contributed by atoms with Crippen LogP contribution in [0.3, 0.4) is 0 Å². The van der Waals surface area contributed by atoms with E-state index in [1.165, 1.54) is 30.0 Å². The van der Waals surface area contributed by atoms with Crippen LogP contribution in [0.25, 0.3) is 11.0 Å². The molecule has 1 atom stereocenters. The van der Waals surface area contributed by atoms with Gasteiger partial charge in [0.25, 0.3) is 5.91 Å². The third-order valence-corrected chi connectivity index (χ3v) is 6.31. The number of hydrogen-bond donors (Lipinski definition) is 1. The van der Waals surface area contributed by atoms with Gasteiger partial charge in [-0.15, -0.1) is 0 Å². The molecule has 2 heterocycles. The van der Waals surface area contributed by atoms with E-state index in [2.05, 4.69) is 55.3 Å². The van der Waals surface area contributed by atoms with Gasteiger partial charge >= 0.3 is 0 Å². The van der Waals surface area contributed by atoms with Gasteiger partial charge < -0.3 is 9.73 Å². The van der Waals surface area contributed by atoms with Crippen molar-refractivity contribution in [3.05, 3.63) is 81.2 Å². The van der Waals surface area contributed by atoms with Crippen molar-refractivity contribution >= 4 is 16.9 Å². The molecule has 0 spiro atoms. The molecule has 1 aromatic heterocycles. The highest BCUT2D eigenvalue weighted by Crippen LogP contribution is 2.28. The molecule has 5 heteroatoms. The predicted molar refractivity (Wildman–Crippen MR) is 128 cm³/mol. The van der Waals surface area contributed by atoms with E-state index in [0.29, 0.717) is 17.5 Å². The number of nitrogens with one attached hydrogen (secondary N) is 1. The van der Waals surface area contributed by atoms with Crippen LogP contribution in [0.2, 0.25) is 0 Å². The molecule has 2 aromatic carbocycles. The van der Waals surface area contributed by atoms with Gasteiger partial charge in [-0.25, -0.2) is 0 Å². The topological polar surface area (TPSA) is 62.6 Å². The Hall–Kier alpha value is -2.92. The van der Waals surface area contributed by atoms with Crippen LogP contribution in [0.5, 0.6) is 0 Å². The van der Waals surface area contributed by atoms with Crippen LogP contribution in [0.4, 0.5) is 0 Å². The predicted octanol–water partition coefficient (Wildman–Crippen LogP) is 4.97. The van der Waals surface area contributed by atoms with Gasteiger partial charge in [0.1, 0.15) is 5.58 Å². The van der Waals surface area contributed by atoms with Crippen molar-refractivity contribution in [3.63, 3.8) is 0 Å². The van der Waals surface area contributed by atoms with Crippen molar-refractivity contribution in [2.45, 2.75) is 52.0 Å². The largest absolute Gasteiger partial charge is 0.451 e. The Morgan fingerprint density at radius 3 is 2.41 bits per heavy atom. The molecule has 0 bridgehead atoms. The molecule has 1 amide bonds. The Balaban J connectivity index is 1.54. The van der Waals surface area contributed by atoms with E-state index >= 15 is 0 Å². The first-order valence-electron chi connectivity index (χ1n) is 11.4. The average molecular weight is 433 g/mol. The van der Waals surface area contributed by atoms with E-state index in [1.54, 1.807) is 12.1 Å². The Kier molecular flexibility index (Phi) is 6.20. The zero-order valence-electron chi connectivity index (χ0n) is 19.4. The Morgan fingerprint density at radius 1 is 1.06 bits per heavy atom. The monoisotopic (exact) mass is 432 g/mol. The Bertz CT molecular complexity index is 1170. The smallest absolute Gasteiger partial charge is 0.287 e. The Morgan fingerprint density at radius 2 is 1.75 bits per heavy atom. The minimum Gasteiger partial charge on any atom is -0.451 e. The molecule has 0 unspecified atom stereocenters. The third-order valence-electron chi connectivity index (χ3n) is 6.31. The quantitative estimate of drug-likeness (QED) is 0.619. The van der Waals surface area contributed by atoms with Crippen molar-refractivity contribution in [3.8, 4) is 0 Å². The molecule has 0 aliphatic carbocycles. The lowest BCUT2D eigenvalue weighted by Gasteiger charge is -2.29. The van der Waals surface area contributed by atoms with Gasteiger partial charge in [0.05, 0.1) is 11.4 Å². The first-order chi connectivity index (χ1) is 15.2. The summed E-state index contributed by atoms with van der Waals surface area (Å²) in [7, 11) is 0. The SMILES string of the molecule is Cc1ccc2oc(C(=O)NC[C@H](c3ccc(C(C)(C)C)cc3)N3CCCC3)cc(=O)c2c1. The second-order valence-corrected chi connectivity index (χ2v) is 9.82. The third kappa shape index (κ3) is 4.78. The van der Waals surface area contributed by atoms with Crippen LogP contribution in [-0.2, 0) is 5.41 Å². The molecule has 32 heavy (non-hydrogen) atoms. The average Bonchev–Trinajstić information content (AvgIpc) is 3.28. The number of benzene rings is 2. The minimum absolute atomic E-state index is 0.0506. The molecule has 1 aliphatic heterocycles. The van der Waals surface area contributed by atoms with Crippen molar-refractivity contribution in [1.29, 1.82) is 0 Å². The number of nitrogens with zero attached hydrogens (tertiary/aromatic N) is 1. The van der Waals surface area contributed by atoms with Crippen molar-refractivity contribution in [2.75, 3.05) is 19.6 Å². The maximum Gasteiger partial charge on any atom is 0.287 e. The molecule has 5 nitrogen and oxygen atoms in total. The highest BCUT2D eigenvalue weighted by atomic mass is 16.3. The summed E-state index contributed by atoms with van der Waals surface area (Å²) in [4.78, 5) is 27.8. The first-order valence-corrected chi connectivity index (χ1v) is 11.4. The second kappa shape index (κ2) is 8.91. The molecule has 1 saturated heterocycles. The van der Waals surface area contributed by atoms with Crippen LogP contribution in [0, 0.1) is 6.92 Å². The van der Waals surface area contributed by atoms with Gasteiger partial charge in [-0.05, 0) is 61.5 Å². The lowest BCUT2D eigenvalue weighted by molar-refractivity contribution is 0.0910. The maximum absolute atomic E-state index is 12.9. The van der Waals surface area contributed by atoms with Crippen molar-refractivity contribution < 1.29 is 9.21 Å². The molecule has 0 radical (unpaired) electrons. The number of fused-ring (bicyclic) bond motifs is 1. The number of carbonyl (C=O) groups excluding carboxylic acids is 1. The van der Waals surface area contributed by atoms with Gasteiger partial charge in [0, 0.05) is 12.6 Å². The summed E-state index contributed by atoms with van der Waals surface area (Å²) in [5.41, 5.74) is 3.79. The van der Waals surface area contributed by atoms with Gasteiger partial charge in [-0.2, -0.15) is 0 Å². The lowest BCUT2D eigenvalue weighted by atomic mass is 9.86. The Labute approximate surface area is 189 Å². The van der Waals surface area contributed by atoms with Crippen LogP contribution in [-0.4, -0.2) is 30.4 Å². The van der Waals surface area contributed by atoms with E-state index in [1.807, 2.05) is 13.0 Å². The standard InChI is InChI=1S/C27H32N2O3/c1-18-7-12-24-21(15-18)23(30)16-25(32-24)26(31)28-17-22(29-13-5-6-14-29)19-8-10-20(11-9-19)27(2,3)4/h7-12,15-16,22H,5-6,13-14,17H2,1-4H3,(H,28,31)/t22-/m1/s1. The van der Waals surface area contributed by atoms with Gasteiger partial charge in [0.15, 0.2) is 11.2 Å². The number of rotatable bonds is 5. The fourth-order valence-electron chi connectivity index (χ4n) is 4.37. The fraction of sp³-hybridized carbons (Fsp3) is 0.407. The summed E-state index contributed by atoms with van der Waals surface area (Å²) in [5, 5.41) is 3.51. The minimum atomic E-state index is -0.361. The fourth-order valence-corrected chi connectivity index (χ4v) is 4.37. The van der Waals surface area contributed by atoms with E-state index in [-0.39, 0.29) is 28.6 Å². The van der Waals surface area contributed by atoms with Crippen molar-refractivity contribution in [1.82, 2.24) is 10.2 Å². The molecular weight excluding hydrogens is 400 g/mol.